The van der Waals surface area contributed by atoms with Gasteiger partial charge in [-0.3, -0.25) is 0 Å². The Hall–Kier alpha value is -2.22. The van der Waals surface area contributed by atoms with Crippen LogP contribution in [-0.4, -0.2) is 10.2 Å². The lowest BCUT2D eigenvalue weighted by atomic mass is 9.95. The number of aliphatic hydroxyl groups is 2. The van der Waals surface area contributed by atoms with Gasteiger partial charge in [-0.2, -0.15) is 5.26 Å². The second-order valence-corrected chi connectivity index (χ2v) is 4.14. The molecule has 2 rings (SSSR count). The predicted octanol–water partition coefficient (Wildman–Crippen LogP) is 2.27. The number of aliphatic hydroxyl groups excluding tert-OH is 2. The molecule has 19 heavy (non-hydrogen) atoms. The van der Waals surface area contributed by atoms with Gasteiger partial charge in [0.1, 0.15) is 11.9 Å². The molecule has 1 unspecified atom stereocenters. The van der Waals surface area contributed by atoms with Gasteiger partial charge in [0, 0.05) is 0 Å². The fourth-order valence-corrected chi connectivity index (χ4v) is 1.90. The molecule has 4 heteroatoms. The van der Waals surface area contributed by atoms with E-state index in [0.29, 0.717) is 22.3 Å². The van der Waals surface area contributed by atoms with Crippen molar-refractivity contribution in [3.8, 4) is 6.07 Å². The normalized spacial score (nSPS) is 11.9. The van der Waals surface area contributed by atoms with Crippen LogP contribution in [0.2, 0.25) is 0 Å². The molecule has 3 nitrogen and oxygen atoms in total. The van der Waals surface area contributed by atoms with E-state index < -0.39 is 6.10 Å². The maximum atomic E-state index is 12.8. The van der Waals surface area contributed by atoms with Crippen LogP contribution in [0.25, 0.3) is 0 Å². The van der Waals surface area contributed by atoms with Crippen LogP contribution in [0.5, 0.6) is 0 Å². The average molecular weight is 257 g/mol. The summed E-state index contributed by atoms with van der Waals surface area (Å²) < 4.78 is 12.8. The summed E-state index contributed by atoms with van der Waals surface area (Å²) >= 11 is 0. The Labute approximate surface area is 110 Å². The first-order chi connectivity index (χ1) is 9.15. The van der Waals surface area contributed by atoms with Crippen molar-refractivity contribution in [1.29, 1.82) is 5.26 Å². The molecule has 0 saturated carbocycles. The summed E-state index contributed by atoms with van der Waals surface area (Å²) in [4.78, 5) is 0. The zero-order valence-corrected chi connectivity index (χ0v) is 10.0. The third-order valence-electron chi connectivity index (χ3n) is 2.92. The predicted molar refractivity (Wildman–Crippen MR) is 67.5 cm³/mol. The SMILES string of the molecule is N#Cc1ccc(C(O)c2ccc(F)cc2)c(CO)c1. The van der Waals surface area contributed by atoms with Crippen molar-refractivity contribution < 1.29 is 14.6 Å². The summed E-state index contributed by atoms with van der Waals surface area (Å²) in [5, 5.41) is 28.3. The lowest BCUT2D eigenvalue weighted by molar-refractivity contribution is 0.213. The van der Waals surface area contributed by atoms with E-state index in [1.165, 1.54) is 30.3 Å². The molecule has 0 aromatic heterocycles. The highest BCUT2D eigenvalue weighted by Gasteiger charge is 2.14. The minimum atomic E-state index is -0.963. The van der Waals surface area contributed by atoms with Crippen LogP contribution in [0.1, 0.15) is 28.4 Å². The maximum absolute atomic E-state index is 12.8. The minimum Gasteiger partial charge on any atom is -0.392 e. The first-order valence-corrected chi connectivity index (χ1v) is 5.73. The molecule has 1 atom stereocenters. The fraction of sp³-hybridized carbons (Fsp3) is 0.133. The average Bonchev–Trinajstić information content (AvgIpc) is 2.46. The molecule has 0 fully saturated rings. The van der Waals surface area contributed by atoms with Gasteiger partial charge < -0.3 is 10.2 Å². The number of benzene rings is 2. The second-order valence-electron chi connectivity index (χ2n) is 4.14. The number of hydrogen-bond donors (Lipinski definition) is 2. The van der Waals surface area contributed by atoms with E-state index >= 15 is 0 Å². The molecule has 0 heterocycles. The summed E-state index contributed by atoms with van der Waals surface area (Å²) in [7, 11) is 0. The molecule has 0 bridgehead atoms. The molecule has 96 valence electrons. The first kappa shape index (κ1) is 13.2. The van der Waals surface area contributed by atoms with Crippen LogP contribution in [0.3, 0.4) is 0 Å². The summed E-state index contributed by atoms with van der Waals surface area (Å²) in [6, 6.07) is 12.2. The van der Waals surface area contributed by atoms with Crippen molar-refractivity contribution in [1.82, 2.24) is 0 Å². The largest absolute Gasteiger partial charge is 0.392 e. The van der Waals surface area contributed by atoms with Crippen LogP contribution in [0.15, 0.2) is 42.5 Å². The van der Waals surface area contributed by atoms with Gasteiger partial charge in [-0.25, -0.2) is 4.39 Å². The standard InChI is InChI=1S/C15H12FNO2/c16-13-4-2-11(3-5-13)15(19)14-6-1-10(8-17)7-12(14)9-18/h1-7,15,18-19H,9H2. The Bertz CT molecular complexity index is 617. The van der Waals surface area contributed by atoms with Gasteiger partial charge in [-0.1, -0.05) is 18.2 Å². The van der Waals surface area contributed by atoms with Gasteiger partial charge in [0.15, 0.2) is 0 Å². The van der Waals surface area contributed by atoms with E-state index in [9.17, 15) is 14.6 Å². The molecule has 0 aliphatic carbocycles. The van der Waals surface area contributed by atoms with Crippen molar-refractivity contribution in [2.24, 2.45) is 0 Å². The van der Waals surface area contributed by atoms with Crippen molar-refractivity contribution in [3.63, 3.8) is 0 Å². The maximum Gasteiger partial charge on any atom is 0.123 e. The number of nitriles is 1. The van der Waals surface area contributed by atoms with Gasteiger partial charge in [-0.05, 0) is 41.0 Å². The van der Waals surface area contributed by atoms with Gasteiger partial charge in [0.2, 0.25) is 0 Å². The highest BCUT2D eigenvalue weighted by molar-refractivity contribution is 5.42. The summed E-state index contributed by atoms with van der Waals surface area (Å²) in [5.74, 6) is -0.377. The van der Waals surface area contributed by atoms with Crippen molar-refractivity contribution in [2.45, 2.75) is 12.7 Å². The fourth-order valence-electron chi connectivity index (χ4n) is 1.90. The quantitative estimate of drug-likeness (QED) is 0.886. The van der Waals surface area contributed by atoms with E-state index in [2.05, 4.69) is 0 Å². The van der Waals surface area contributed by atoms with E-state index in [1.807, 2.05) is 6.07 Å². The second kappa shape index (κ2) is 5.61. The summed E-state index contributed by atoms with van der Waals surface area (Å²) in [6.07, 6.45) is -0.963. The highest BCUT2D eigenvalue weighted by atomic mass is 19.1. The number of hydrogen-bond acceptors (Lipinski definition) is 3. The van der Waals surface area contributed by atoms with E-state index in [-0.39, 0.29) is 12.4 Å². The zero-order valence-electron chi connectivity index (χ0n) is 10.0. The lowest BCUT2D eigenvalue weighted by Gasteiger charge is -2.15. The monoisotopic (exact) mass is 257 g/mol. The molecular weight excluding hydrogens is 245 g/mol. The van der Waals surface area contributed by atoms with E-state index in [1.54, 1.807) is 12.1 Å². The Balaban J connectivity index is 2.41. The van der Waals surface area contributed by atoms with Crippen LogP contribution >= 0.6 is 0 Å². The van der Waals surface area contributed by atoms with Gasteiger partial charge in [0.05, 0.1) is 18.2 Å². The van der Waals surface area contributed by atoms with Crippen LogP contribution in [0.4, 0.5) is 4.39 Å². The molecule has 2 N–H and O–H groups in total. The number of nitrogens with zero attached hydrogens (tertiary/aromatic N) is 1. The van der Waals surface area contributed by atoms with Crippen molar-refractivity contribution in [3.05, 3.63) is 70.5 Å². The Morgan fingerprint density at radius 2 is 1.84 bits per heavy atom. The van der Waals surface area contributed by atoms with Crippen LogP contribution < -0.4 is 0 Å². The molecule has 2 aromatic rings. The number of rotatable bonds is 3. The lowest BCUT2D eigenvalue weighted by Crippen LogP contribution is -2.04. The van der Waals surface area contributed by atoms with Gasteiger partial charge in [-0.15, -0.1) is 0 Å². The molecule has 0 saturated heterocycles. The molecule has 0 amide bonds. The summed E-state index contributed by atoms with van der Waals surface area (Å²) in [5.41, 5.74) is 1.93. The van der Waals surface area contributed by atoms with Crippen molar-refractivity contribution >= 4 is 0 Å². The minimum absolute atomic E-state index is 0.275. The van der Waals surface area contributed by atoms with Gasteiger partial charge in [0.25, 0.3) is 0 Å². The summed E-state index contributed by atoms with van der Waals surface area (Å²) in [6.45, 7) is -0.275. The van der Waals surface area contributed by atoms with E-state index in [0.717, 1.165) is 0 Å². The van der Waals surface area contributed by atoms with Crippen molar-refractivity contribution in [2.75, 3.05) is 0 Å². The molecule has 0 spiro atoms. The van der Waals surface area contributed by atoms with Crippen LogP contribution in [-0.2, 0) is 6.61 Å². The smallest absolute Gasteiger partial charge is 0.123 e. The number of halogens is 1. The topological polar surface area (TPSA) is 64.2 Å². The third-order valence-corrected chi connectivity index (χ3v) is 2.92. The Morgan fingerprint density at radius 1 is 1.16 bits per heavy atom. The molecule has 0 aliphatic rings. The van der Waals surface area contributed by atoms with Gasteiger partial charge >= 0.3 is 0 Å². The van der Waals surface area contributed by atoms with Crippen LogP contribution in [0, 0.1) is 17.1 Å². The molecule has 0 radical (unpaired) electrons. The highest BCUT2D eigenvalue weighted by Crippen LogP contribution is 2.26. The third kappa shape index (κ3) is 2.79. The first-order valence-electron chi connectivity index (χ1n) is 5.73. The zero-order chi connectivity index (χ0) is 13.8. The Morgan fingerprint density at radius 3 is 2.42 bits per heavy atom. The molecule has 0 aliphatic heterocycles. The molecule has 2 aromatic carbocycles. The Kier molecular flexibility index (Phi) is 3.91. The van der Waals surface area contributed by atoms with E-state index in [4.69, 9.17) is 5.26 Å². The molecular formula is C15H12FNO2.